The predicted molar refractivity (Wildman–Crippen MR) is 102 cm³/mol. The summed E-state index contributed by atoms with van der Waals surface area (Å²) in [6, 6.07) is 6.66. The third kappa shape index (κ3) is 3.20. The molecule has 1 aromatic heterocycles. The van der Waals surface area contributed by atoms with Gasteiger partial charge in [-0.2, -0.15) is 0 Å². The summed E-state index contributed by atoms with van der Waals surface area (Å²) in [4.78, 5) is 18.7. The van der Waals surface area contributed by atoms with Crippen LogP contribution in [0.25, 0.3) is 10.9 Å². The molecule has 2 N–H and O–H groups in total. The molecule has 2 aromatic rings. The number of hydrogen-bond acceptors (Lipinski definition) is 2. The van der Waals surface area contributed by atoms with Crippen LogP contribution in [0.4, 0.5) is 0 Å². The Balaban J connectivity index is 1.44. The van der Waals surface area contributed by atoms with E-state index in [9.17, 15) is 4.79 Å². The number of aryl methyl sites for hydroxylation is 2. The minimum Gasteiger partial charge on any atom is -0.358 e. The molecule has 2 atom stereocenters. The second kappa shape index (κ2) is 6.83. The van der Waals surface area contributed by atoms with Crippen LogP contribution in [0, 0.1) is 19.8 Å². The Morgan fingerprint density at radius 2 is 2.04 bits per heavy atom. The zero-order valence-electron chi connectivity index (χ0n) is 15.4. The van der Waals surface area contributed by atoms with Crippen LogP contribution >= 0.6 is 0 Å². The maximum absolute atomic E-state index is 12.7. The molecule has 4 rings (SSSR count). The molecule has 4 nitrogen and oxygen atoms in total. The fourth-order valence-corrected chi connectivity index (χ4v) is 4.74. The Bertz CT molecular complexity index is 777. The number of aromatic amines is 1. The summed E-state index contributed by atoms with van der Waals surface area (Å²) in [6.07, 6.45) is 6.50. The van der Waals surface area contributed by atoms with Gasteiger partial charge < -0.3 is 15.2 Å². The van der Waals surface area contributed by atoms with Crippen LogP contribution < -0.4 is 5.32 Å². The van der Waals surface area contributed by atoms with Gasteiger partial charge in [-0.25, -0.2) is 0 Å². The number of benzene rings is 1. The molecule has 0 aliphatic carbocycles. The Morgan fingerprint density at radius 1 is 1.20 bits per heavy atom. The first kappa shape index (κ1) is 16.6. The quantitative estimate of drug-likeness (QED) is 0.894. The van der Waals surface area contributed by atoms with Crippen LogP contribution in [0.15, 0.2) is 18.2 Å². The lowest BCUT2D eigenvalue weighted by Crippen LogP contribution is -2.51. The number of hydrogen-bond donors (Lipinski definition) is 2. The number of amides is 1. The lowest BCUT2D eigenvalue weighted by molar-refractivity contribution is 0.0575. The highest BCUT2D eigenvalue weighted by Crippen LogP contribution is 2.30. The molecule has 2 saturated heterocycles. The van der Waals surface area contributed by atoms with E-state index in [1.165, 1.54) is 56.5 Å². The minimum absolute atomic E-state index is 0.0630. The summed E-state index contributed by atoms with van der Waals surface area (Å²) in [7, 11) is 0. The molecular formula is C21H29N3O. The Kier molecular flexibility index (Phi) is 4.55. The van der Waals surface area contributed by atoms with E-state index in [0.29, 0.717) is 12.0 Å². The van der Waals surface area contributed by atoms with Crippen molar-refractivity contribution in [2.24, 2.45) is 5.92 Å². The average molecular weight is 339 g/mol. The molecule has 3 heterocycles. The first-order valence-electron chi connectivity index (χ1n) is 9.74. The Labute approximate surface area is 150 Å². The van der Waals surface area contributed by atoms with Crippen molar-refractivity contribution in [2.75, 3.05) is 19.6 Å². The predicted octanol–water partition coefficient (Wildman–Crippen LogP) is 3.78. The number of H-pyrrole nitrogens is 1. The van der Waals surface area contributed by atoms with Gasteiger partial charge in [0.25, 0.3) is 5.91 Å². The molecule has 134 valence electrons. The molecule has 0 saturated carbocycles. The van der Waals surface area contributed by atoms with E-state index in [1.807, 2.05) is 18.2 Å². The van der Waals surface area contributed by atoms with Crippen LogP contribution in [0.1, 0.15) is 53.7 Å². The highest BCUT2D eigenvalue weighted by molar-refractivity contribution is 5.99. The number of fused-ring (bicyclic) bond motifs is 2. The van der Waals surface area contributed by atoms with Crippen molar-refractivity contribution in [2.45, 2.75) is 52.0 Å². The zero-order chi connectivity index (χ0) is 17.4. The number of nitrogens with one attached hydrogen (secondary N) is 2. The molecule has 2 aliphatic heterocycles. The van der Waals surface area contributed by atoms with Gasteiger partial charge in [-0.1, -0.05) is 6.42 Å². The van der Waals surface area contributed by atoms with E-state index in [-0.39, 0.29) is 5.91 Å². The monoisotopic (exact) mass is 339 g/mol. The molecule has 0 unspecified atom stereocenters. The largest absolute Gasteiger partial charge is 0.358 e. The maximum Gasteiger partial charge on any atom is 0.251 e. The number of nitrogens with zero attached hydrogens (tertiary/aromatic N) is 1. The molecule has 1 aromatic carbocycles. The van der Waals surface area contributed by atoms with Gasteiger partial charge >= 0.3 is 0 Å². The van der Waals surface area contributed by atoms with Crippen molar-refractivity contribution < 1.29 is 4.79 Å². The fourth-order valence-electron chi connectivity index (χ4n) is 4.74. The number of carbonyl (C=O) groups excluding carboxylic acids is 1. The number of aromatic nitrogens is 1. The van der Waals surface area contributed by atoms with Crippen LogP contribution in [-0.2, 0) is 0 Å². The summed E-state index contributed by atoms with van der Waals surface area (Å²) in [5, 5.41) is 4.37. The highest BCUT2D eigenvalue weighted by Gasteiger charge is 2.32. The smallest absolute Gasteiger partial charge is 0.251 e. The molecule has 2 aliphatic rings. The highest BCUT2D eigenvalue weighted by atomic mass is 16.1. The van der Waals surface area contributed by atoms with E-state index in [2.05, 4.69) is 29.0 Å². The summed E-state index contributed by atoms with van der Waals surface area (Å²) in [5.74, 6) is 0.672. The van der Waals surface area contributed by atoms with Crippen molar-refractivity contribution in [3.05, 3.63) is 35.0 Å². The van der Waals surface area contributed by atoms with Gasteiger partial charge in [0.15, 0.2) is 0 Å². The summed E-state index contributed by atoms with van der Waals surface area (Å²) in [6.45, 7) is 7.49. The van der Waals surface area contributed by atoms with Gasteiger partial charge in [0.1, 0.15) is 0 Å². The lowest BCUT2D eigenvalue weighted by atomic mass is 9.83. The standard InChI is InChI=1S/C21H29N3O/c1-14-15(2)23-19-9-8-16(12-18(14)19)21(25)22-13-17-6-5-11-24-10-4-3-7-20(17)24/h8-9,12,17,20,23H,3-7,10-11,13H2,1-2H3,(H,22,25)/t17-,20-/m1/s1. The van der Waals surface area contributed by atoms with Crippen molar-refractivity contribution in [1.82, 2.24) is 15.2 Å². The zero-order valence-corrected chi connectivity index (χ0v) is 15.4. The van der Waals surface area contributed by atoms with Gasteiger partial charge in [-0.3, -0.25) is 4.79 Å². The molecule has 2 fully saturated rings. The van der Waals surface area contributed by atoms with Gasteiger partial charge in [0, 0.05) is 34.7 Å². The molecule has 4 heteroatoms. The summed E-state index contributed by atoms with van der Waals surface area (Å²) >= 11 is 0. The normalized spacial score (nSPS) is 24.2. The van der Waals surface area contributed by atoms with Crippen molar-refractivity contribution >= 4 is 16.8 Å². The van der Waals surface area contributed by atoms with Gasteiger partial charge in [0.2, 0.25) is 0 Å². The van der Waals surface area contributed by atoms with Crippen molar-refractivity contribution in [3.8, 4) is 0 Å². The van der Waals surface area contributed by atoms with Crippen LogP contribution in [0.5, 0.6) is 0 Å². The Hall–Kier alpha value is -1.81. The van der Waals surface area contributed by atoms with Gasteiger partial charge in [-0.05, 0) is 82.3 Å². The molecule has 0 radical (unpaired) electrons. The first-order chi connectivity index (χ1) is 12.1. The molecule has 0 bridgehead atoms. The summed E-state index contributed by atoms with van der Waals surface area (Å²) in [5.41, 5.74) is 4.28. The third-order valence-electron chi connectivity index (χ3n) is 6.32. The minimum atomic E-state index is 0.0630. The topological polar surface area (TPSA) is 48.1 Å². The van der Waals surface area contributed by atoms with Crippen LogP contribution in [0.2, 0.25) is 0 Å². The van der Waals surface area contributed by atoms with E-state index in [4.69, 9.17) is 0 Å². The maximum atomic E-state index is 12.7. The fraction of sp³-hybridized carbons (Fsp3) is 0.571. The van der Waals surface area contributed by atoms with Gasteiger partial charge in [0.05, 0.1) is 0 Å². The summed E-state index contributed by atoms with van der Waals surface area (Å²) < 4.78 is 0. The van der Waals surface area contributed by atoms with Crippen LogP contribution in [0.3, 0.4) is 0 Å². The van der Waals surface area contributed by atoms with Gasteiger partial charge in [-0.15, -0.1) is 0 Å². The number of rotatable bonds is 3. The Morgan fingerprint density at radius 3 is 2.92 bits per heavy atom. The molecular weight excluding hydrogens is 310 g/mol. The van der Waals surface area contributed by atoms with Crippen LogP contribution in [-0.4, -0.2) is 41.5 Å². The number of carbonyl (C=O) groups is 1. The molecule has 25 heavy (non-hydrogen) atoms. The number of piperidine rings is 2. The molecule has 0 spiro atoms. The van der Waals surface area contributed by atoms with Crippen molar-refractivity contribution in [1.29, 1.82) is 0 Å². The lowest BCUT2D eigenvalue weighted by Gasteiger charge is -2.44. The van der Waals surface area contributed by atoms with E-state index < -0.39 is 0 Å². The first-order valence-corrected chi connectivity index (χ1v) is 9.74. The second-order valence-electron chi connectivity index (χ2n) is 7.85. The SMILES string of the molecule is Cc1[nH]c2ccc(C(=O)NC[C@H]3CCCN4CCCC[C@H]34)cc2c1C. The van der Waals surface area contributed by atoms with E-state index in [1.54, 1.807) is 0 Å². The van der Waals surface area contributed by atoms with E-state index in [0.717, 1.165) is 23.0 Å². The van der Waals surface area contributed by atoms with Crippen molar-refractivity contribution in [3.63, 3.8) is 0 Å². The average Bonchev–Trinajstić information content (AvgIpc) is 2.93. The molecule has 1 amide bonds. The second-order valence-corrected chi connectivity index (χ2v) is 7.85. The van der Waals surface area contributed by atoms with E-state index >= 15 is 0 Å². The third-order valence-corrected chi connectivity index (χ3v) is 6.32.